The number of aliphatic hydroxyl groups excluding tert-OH is 1. The fourth-order valence-electron chi connectivity index (χ4n) is 1.98. The lowest BCUT2D eigenvalue weighted by Crippen LogP contribution is -2.43. The van der Waals surface area contributed by atoms with E-state index in [2.05, 4.69) is 0 Å². The molecule has 5 nitrogen and oxygen atoms in total. The summed E-state index contributed by atoms with van der Waals surface area (Å²) in [6.07, 6.45) is 2.56. The van der Waals surface area contributed by atoms with Crippen LogP contribution in [-0.2, 0) is 14.3 Å². The van der Waals surface area contributed by atoms with Gasteiger partial charge >= 0.3 is 5.97 Å². The number of esters is 1. The molecular weight excluding hydrogens is 234 g/mol. The third-order valence-electron chi connectivity index (χ3n) is 3.14. The molecule has 0 aromatic heterocycles. The van der Waals surface area contributed by atoms with Gasteiger partial charge in [0.25, 0.3) is 0 Å². The maximum absolute atomic E-state index is 12.1. The van der Waals surface area contributed by atoms with Crippen LogP contribution >= 0.6 is 0 Å². The summed E-state index contributed by atoms with van der Waals surface area (Å²) in [7, 11) is 0. The van der Waals surface area contributed by atoms with E-state index in [4.69, 9.17) is 4.74 Å². The zero-order valence-electron chi connectivity index (χ0n) is 11.2. The standard InChI is InChI=1S/C13H23NO4/c1-3-18-12(16)7-8-14(9-10(2)15)13(17)11-5-4-6-11/h10-11,15H,3-9H2,1-2H3. The fourth-order valence-corrected chi connectivity index (χ4v) is 1.98. The van der Waals surface area contributed by atoms with Gasteiger partial charge < -0.3 is 14.7 Å². The highest BCUT2D eigenvalue weighted by molar-refractivity contribution is 5.80. The summed E-state index contributed by atoms with van der Waals surface area (Å²) < 4.78 is 4.84. The lowest BCUT2D eigenvalue weighted by molar-refractivity contribution is -0.145. The summed E-state index contributed by atoms with van der Waals surface area (Å²) in [5.74, 6) is -0.146. The highest BCUT2D eigenvalue weighted by atomic mass is 16.5. The number of carbonyl (C=O) groups excluding carboxylic acids is 2. The van der Waals surface area contributed by atoms with Crippen LogP contribution in [0.25, 0.3) is 0 Å². The van der Waals surface area contributed by atoms with Crippen LogP contribution in [0, 0.1) is 5.92 Å². The number of nitrogens with zero attached hydrogens (tertiary/aromatic N) is 1. The molecule has 0 aromatic rings. The Kier molecular flexibility index (Phi) is 6.12. The fraction of sp³-hybridized carbons (Fsp3) is 0.846. The van der Waals surface area contributed by atoms with Crippen LogP contribution < -0.4 is 0 Å². The molecule has 1 saturated carbocycles. The second-order valence-corrected chi connectivity index (χ2v) is 4.82. The van der Waals surface area contributed by atoms with Crippen LogP contribution in [0.1, 0.15) is 39.5 Å². The van der Waals surface area contributed by atoms with Gasteiger partial charge in [-0.05, 0) is 26.7 Å². The molecule has 1 fully saturated rings. The molecule has 18 heavy (non-hydrogen) atoms. The Morgan fingerprint density at radius 1 is 1.44 bits per heavy atom. The number of aliphatic hydroxyl groups is 1. The van der Waals surface area contributed by atoms with Crippen LogP contribution in [0.3, 0.4) is 0 Å². The predicted octanol–water partition coefficient (Wildman–Crippen LogP) is 0.949. The summed E-state index contributed by atoms with van der Waals surface area (Å²) in [6.45, 7) is 4.37. The molecule has 0 heterocycles. The van der Waals surface area contributed by atoms with Crippen molar-refractivity contribution in [1.82, 2.24) is 4.90 Å². The maximum atomic E-state index is 12.1. The zero-order valence-corrected chi connectivity index (χ0v) is 11.2. The van der Waals surface area contributed by atoms with E-state index in [-0.39, 0.29) is 30.8 Å². The van der Waals surface area contributed by atoms with Gasteiger partial charge in [0.05, 0.1) is 19.1 Å². The monoisotopic (exact) mass is 257 g/mol. The van der Waals surface area contributed by atoms with Crippen molar-refractivity contribution in [3.05, 3.63) is 0 Å². The first-order valence-corrected chi connectivity index (χ1v) is 6.67. The molecule has 0 aromatic carbocycles. The summed E-state index contributed by atoms with van der Waals surface area (Å²) in [5.41, 5.74) is 0. The molecular formula is C13H23NO4. The molecule has 1 atom stereocenters. The predicted molar refractivity (Wildman–Crippen MR) is 66.9 cm³/mol. The van der Waals surface area contributed by atoms with Crippen molar-refractivity contribution in [2.75, 3.05) is 19.7 Å². The van der Waals surface area contributed by atoms with Gasteiger partial charge in [0.1, 0.15) is 0 Å². The Hall–Kier alpha value is -1.10. The van der Waals surface area contributed by atoms with Crippen molar-refractivity contribution in [3.8, 4) is 0 Å². The topological polar surface area (TPSA) is 66.8 Å². The Balaban J connectivity index is 2.44. The Morgan fingerprint density at radius 2 is 2.11 bits per heavy atom. The van der Waals surface area contributed by atoms with Gasteiger partial charge in [0.2, 0.25) is 5.91 Å². The molecule has 0 saturated heterocycles. The maximum Gasteiger partial charge on any atom is 0.307 e. The molecule has 0 bridgehead atoms. The minimum absolute atomic E-state index is 0.0615. The zero-order chi connectivity index (χ0) is 13.5. The SMILES string of the molecule is CCOC(=O)CCN(CC(C)O)C(=O)C1CCC1. The van der Waals surface area contributed by atoms with Gasteiger partial charge in [-0.1, -0.05) is 6.42 Å². The number of hydrogen-bond acceptors (Lipinski definition) is 4. The summed E-state index contributed by atoms with van der Waals surface area (Å²) in [4.78, 5) is 25.0. The molecule has 0 spiro atoms. The first kappa shape index (κ1) is 15.0. The Labute approximate surface area is 108 Å². The first-order chi connectivity index (χ1) is 8.54. The lowest BCUT2D eigenvalue weighted by Gasteiger charge is -2.32. The van der Waals surface area contributed by atoms with Crippen LogP contribution in [0.5, 0.6) is 0 Å². The number of rotatable bonds is 7. The van der Waals surface area contributed by atoms with Crippen LogP contribution in [0.15, 0.2) is 0 Å². The van der Waals surface area contributed by atoms with E-state index in [9.17, 15) is 14.7 Å². The van der Waals surface area contributed by atoms with Crippen molar-refractivity contribution >= 4 is 11.9 Å². The Morgan fingerprint density at radius 3 is 2.56 bits per heavy atom. The molecule has 1 aliphatic carbocycles. The van der Waals surface area contributed by atoms with Crippen LogP contribution in [0.2, 0.25) is 0 Å². The molecule has 1 rings (SSSR count). The second-order valence-electron chi connectivity index (χ2n) is 4.82. The van der Waals surface area contributed by atoms with E-state index < -0.39 is 6.10 Å². The van der Waals surface area contributed by atoms with E-state index >= 15 is 0 Å². The van der Waals surface area contributed by atoms with E-state index in [1.54, 1.807) is 18.7 Å². The smallest absolute Gasteiger partial charge is 0.307 e. The molecule has 1 aliphatic rings. The van der Waals surface area contributed by atoms with Crippen LogP contribution in [0.4, 0.5) is 0 Å². The van der Waals surface area contributed by atoms with Gasteiger partial charge in [0, 0.05) is 19.0 Å². The minimum Gasteiger partial charge on any atom is -0.466 e. The van der Waals surface area contributed by atoms with E-state index in [0.29, 0.717) is 13.2 Å². The number of hydrogen-bond donors (Lipinski definition) is 1. The van der Waals surface area contributed by atoms with Gasteiger partial charge in [-0.2, -0.15) is 0 Å². The second kappa shape index (κ2) is 7.36. The molecule has 1 amide bonds. The van der Waals surface area contributed by atoms with E-state index in [1.807, 2.05) is 0 Å². The van der Waals surface area contributed by atoms with Crippen LogP contribution in [-0.4, -0.2) is 47.7 Å². The van der Waals surface area contributed by atoms with E-state index in [1.165, 1.54) is 0 Å². The van der Waals surface area contributed by atoms with Crippen molar-refractivity contribution in [3.63, 3.8) is 0 Å². The summed E-state index contributed by atoms with van der Waals surface area (Å²) in [5, 5.41) is 9.40. The van der Waals surface area contributed by atoms with Gasteiger partial charge in [-0.3, -0.25) is 9.59 Å². The van der Waals surface area contributed by atoms with Gasteiger partial charge in [-0.25, -0.2) is 0 Å². The van der Waals surface area contributed by atoms with Gasteiger partial charge in [-0.15, -0.1) is 0 Å². The number of ether oxygens (including phenoxy) is 1. The van der Waals surface area contributed by atoms with Crippen molar-refractivity contribution in [2.45, 2.75) is 45.6 Å². The average molecular weight is 257 g/mol. The highest BCUT2D eigenvalue weighted by Gasteiger charge is 2.30. The average Bonchev–Trinajstić information content (AvgIpc) is 2.21. The molecule has 0 aliphatic heterocycles. The lowest BCUT2D eigenvalue weighted by atomic mass is 9.84. The summed E-state index contributed by atoms with van der Waals surface area (Å²) >= 11 is 0. The third-order valence-corrected chi connectivity index (χ3v) is 3.14. The molecule has 104 valence electrons. The van der Waals surface area contributed by atoms with Crippen molar-refractivity contribution in [1.29, 1.82) is 0 Å². The molecule has 1 unspecified atom stereocenters. The van der Waals surface area contributed by atoms with Crippen molar-refractivity contribution < 1.29 is 19.4 Å². The van der Waals surface area contributed by atoms with E-state index in [0.717, 1.165) is 19.3 Å². The molecule has 1 N–H and O–H groups in total. The first-order valence-electron chi connectivity index (χ1n) is 6.67. The summed E-state index contributed by atoms with van der Waals surface area (Å²) in [6, 6.07) is 0. The third kappa shape index (κ3) is 4.64. The largest absolute Gasteiger partial charge is 0.466 e. The normalized spacial score (nSPS) is 16.8. The Bertz CT molecular complexity index is 287. The molecule has 0 radical (unpaired) electrons. The number of carbonyl (C=O) groups is 2. The number of amides is 1. The van der Waals surface area contributed by atoms with Crippen molar-refractivity contribution in [2.24, 2.45) is 5.92 Å². The highest BCUT2D eigenvalue weighted by Crippen LogP contribution is 2.28. The quantitative estimate of drug-likeness (QED) is 0.690. The minimum atomic E-state index is -0.573. The van der Waals surface area contributed by atoms with Gasteiger partial charge in [0.15, 0.2) is 0 Å². The molecule has 5 heteroatoms.